The number of aromatic nitrogens is 2. The molecule has 2 rings (SSSR count). The first-order chi connectivity index (χ1) is 8.10. The summed E-state index contributed by atoms with van der Waals surface area (Å²) in [6, 6.07) is 2.21. The van der Waals surface area contributed by atoms with Crippen molar-refractivity contribution in [3.8, 4) is 0 Å². The van der Waals surface area contributed by atoms with E-state index in [2.05, 4.69) is 47.1 Å². The quantitative estimate of drug-likeness (QED) is 0.941. The third-order valence-electron chi connectivity index (χ3n) is 2.71. The van der Waals surface area contributed by atoms with Crippen molar-refractivity contribution in [3.63, 3.8) is 0 Å². The van der Waals surface area contributed by atoms with Gasteiger partial charge in [0.25, 0.3) is 0 Å². The van der Waals surface area contributed by atoms with Gasteiger partial charge < -0.3 is 5.73 Å². The molecule has 0 saturated heterocycles. The van der Waals surface area contributed by atoms with Gasteiger partial charge in [-0.1, -0.05) is 0 Å². The van der Waals surface area contributed by atoms with Crippen LogP contribution in [0.1, 0.15) is 29.0 Å². The summed E-state index contributed by atoms with van der Waals surface area (Å²) < 4.78 is 3.10. The molecule has 2 N–H and O–H groups in total. The maximum absolute atomic E-state index is 6.21. The van der Waals surface area contributed by atoms with Crippen LogP contribution in [0.5, 0.6) is 0 Å². The van der Waals surface area contributed by atoms with Gasteiger partial charge in [0.15, 0.2) is 0 Å². The van der Waals surface area contributed by atoms with E-state index in [0.717, 1.165) is 13.0 Å². The van der Waals surface area contributed by atoms with E-state index >= 15 is 0 Å². The third-order valence-corrected chi connectivity index (χ3v) is 4.98. The van der Waals surface area contributed by atoms with Crippen LogP contribution in [0.15, 0.2) is 22.2 Å². The number of nitrogens with two attached hydrogens (primary N) is 1. The highest BCUT2D eigenvalue weighted by molar-refractivity contribution is 9.11. The molecule has 0 saturated carbocycles. The van der Waals surface area contributed by atoms with Crippen molar-refractivity contribution in [3.05, 3.63) is 38.3 Å². The van der Waals surface area contributed by atoms with Crippen LogP contribution in [0.4, 0.5) is 0 Å². The lowest BCUT2D eigenvalue weighted by Crippen LogP contribution is -2.11. The van der Waals surface area contributed by atoms with Crippen LogP contribution in [-0.2, 0) is 13.0 Å². The number of nitrogens with zero attached hydrogens (tertiary/aromatic N) is 2. The fraction of sp³-hybridized carbons (Fsp3) is 0.417. The van der Waals surface area contributed by atoms with Crippen molar-refractivity contribution in [1.82, 2.24) is 9.78 Å². The normalized spacial score (nSPS) is 12.9. The minimum atomic E-state index is 0.0551. The van der Waals surface area contributed by atoms with Crippen molar-refractivity contribution < 1.29 is 0 Å². The standard InChI is InChI=1S/C12H16BrN3S/c1-3-16-7-9(6-15-16)5-10(14)11-4-8(2)12(13)17-11/h4,6-7,10H,3,5,14H2,1-2H3. The van der Waals surface area contributed by atoms with Crippen LogP contribution in [0.3, 0.4) is 0 Å². The Kier molecular flexibility index (Phi) is 4.01. The van der Waals surface area contributed by atoms with Gasteiger partial charge >= 0.3 is 0 Å². The summed E-state index contributed by atoms with van der Waals surface area (Å²) in [6.45, 7) is 5.07. The summed E-state index contributed by atoms with van der Waals surface area (Å²) in [4.78, 5) is 1.22. The number of hydrogen-bond acceptors (Lipinski definition) is 3. The Morgan fingerprint density at radius 1 is 1.59 bits per heavy atom. The highest BCUT2D eigenvalue weighted by atomic mass is 79.9. The second-order valence-electron chi connectivity index (χ2n) is 4.12. The highest BCUT2D eigenvalue weighted by Gasteiger charge is 2.12. The predicted molar refractivity (Wildman–Crippen MR) is 75.3 cm³/mol. The molecule has 0 radical (unpaired) electrons. The number of rotatable bonds is 4. The number of thiophene rings is 1. The summed E-state index contributed by atoms with van der Waals surface area (Å²) in [5, 5.41) is 4.26. The second-order valence-corrected chi connectivity index (χ2v) is 6.52. The molecular formula is C12H16BrN3S. The van der Waals surface area contributed by atoms with Gasteiger partial charge in [0.1, 0.15) is 0 Å². The van der Waals surface area contributed by atoms with Gasteiger partial charge in [-0.05, 0) is 53.4 Å². The summed E-state index contributed by atoms with van der Waals surface area (Å²) >= 11 is 5.25. The Bertz CT molecular complexity index is 484. The zero-order valence-electron chi connectivity index (χ0n) is 9.98. The molecule has 2 aromatic heterocycles. The molecule has 5 heteroatoms. The van der Waals surface area contributed by atoms with Crippen molar-refractivity contribution in [2.45, 2.75) is 32.9 Å². The molecule has 0 spiro atoms. The molecule has 0 fully saturated rings. The Morgan fingerprint density at radius 3 is 2.88 bits per heavy atom. The van der Waals surface area contributed by atoms with Crippen LogP contribution in [0.2, 0.25) is 0 Å². The van der Waals surface area contributed by atoms with Crippen molar-refractivity contribution in [2.24, 2.45) is 5.73 Å². The molecule has 0 aliphatic heterocycles. The molecule has 0 aliphatic carbocycles. The lowest BCUT2D eigenvalue weighted by atomic mass is 10.1. The van der Waals surface area contributed by atoms with Gasteiger partial charge in [-0.25, -0.2) is 0 Å². The minimum Gasteiger partial charge on any atom is -0.323 e. The van der Waals surface area contributed by atoms with E-state index in [9.17, 15) is 0 Å². The Balaban J connectivity index is 2.08. The number of hydrogen-bond donors (Lipinski definition) is 1. The Hall–Kier alpha value is -0.650. The molecule has 3 nitrogen and oxygen atoms in total. The molecule has 17 heavy (non-hydrogen) atoms. The summed E-state index contributed by atoms with van der Waals surface area (Å²) in [6.07, 6.45) is 4.81. The molecular weight excluding hydrogens is 298 g/mol. The van der Waals surface area contributed by atoms with E-state index < -0.39 is 0 Å². The monoisotopic (exact) mass is 313 g/mol. The van der Waals surface area contributed by atoms with E-state index in [-0.39, 0.29) is 6.04 Å². The van der Waals surface area contributed by atoms with Gasteiger partial charge in [-0.15, -0.1) is 11.3 Å². The van der Waals surface area contributed by atoms with Crippen LogP contribution in [0.25, 0.3) is 0 Å². The first kappa shape index (κ1) is 12.8. The van der Waals surface area contributed by atoms with Crippen LogP contribution < -0.4 is 5.73 Å². The van der Waals surface area contributed by atoms with Gasteiger partial charge in [0.2, 0.25) is 0 Å². The molecule has 0 aliphatic rings. The average Bonchev–Trinajstić information content (AvgIpc) is 2.87. The van der Waals surface area contributed by atoms with Crippen LogP contribution in [0, 0.1) is 6.92 Å². The Labute approximate surface area is 114 Å². The molecule has 0 aromatic carbocycles. The van der Waals surface area contributed by atoms with Crippen LogP contribution in [-0.4, -0.2) is 9.78 Å². The number of aryl methyl sites for hydroxylation is 2. The lowest BCUT2D eigenvalue weighted by molar-refractivity contribution is 0.657. The second kappa shape index (κ2) is 5.33. The van der Waals surface area contributed by atoms with Crippen molar-refractivity contribution >= 4 is 27.3 Å². The first-order valence-electron chi connectivity index (χ1n) is 5.63. The van der Waals surface area contributed by atoms with Gasteiger partial charge in [0, 0.05) is 23.7 Å². The minimum absolute atomic E-state index is 0.0551. The average molecular weight is 314 g/mol. The zero-order valence-corrected chi connectivity index (χ0v) is 12.4. The Morgan fingerprint density at radius 2 is 2.35 bits per heavy atom. The van der Waals surface area contributed by atoms with Crippen molar-refractivity contribution in [1.29, 1.82) is 0 Å². The molecule has 2 heterocycles. The maximum Gasteiger partial charge on any atom is 0.0731 e. The van der Waals surface area contributed by atoms with E-state index in [4.69, 9.17) is 5.73 Å². The molecule has 2 aromatic rings. The molecule has 0 amide bonds. The van der Waals surface area contributed by atoms with Gasteiger partial charge in [-0.2, -0.15) is 5.10 Å². The molecule has 1 unspecified atom stereocenters. The third kappa shape index (κ3) is 2.97. The molecule has 1 atom stereocenters. The van der Waals surface area contributed by atoms with Crippen molar-refractivity contribution in [2.75, 3.05) is 0 Å². The first-order valence-corrected chi connectivity index (χ1v) is 7.23. The fourth-order valence-electron chi connectivity index (χ4n) is 1.71. The van der Waals surface area contributed by atoms with E-state index in [0.29, 0.717) is 0 Å². The van der Waals surface area contributed by atoms with Crippen LogP contribution >= 0.6 is 27.3 Å². The lowest BCUT2D eigenvalue weighted by Gasteiger charge is -2.07. The molecule has 0 bridgehead atoms. The SMILES string of the molecule is CCn1cc(CC(N)c2cc(C)c(Br)s2)cn1. The largest absolute Gasteiger partial charge is 0.323 e. The van der Waals surface area contributed by atoms with E-state index in [1.54, 1.807) is 11.3 Å². The topological polar surface area (TPSA) is 43.8 Å². The van der Waals surface area contributed by atoms with Gasteiger partial charge in [0.05, 0.1) is 9.98 Å². The maximum atomic E-state index is 6.21. The fourth-order valence-corrected chi connectivity index (χ4v) is 3.28. The summed E-state index contributed by atoms with van der Waals surface area (Å²) in [5.41, 5.74) is 8.66. The summed E-state index contributed by atoms with van der Waals surface area (Å²) in [5.74, 6) is 0. The highest BCUT2D eigenvalue weighted by Crippen LogP contribution is 2.31. The summed E-state index contributed by atoms with van der Waals surface area (Å²) in [7, 11) is 0. The van der Waals surface area contributed by atoms with E-state index in [1.165, 1.54) is 19.8 Å². The molecule has 92 valence electrons. The van der Waals surface area contributed by atoms with E-state index in [1.807, 2.05) is 10.9 Å². The smallest absolute Gasteiger partial charge is 0.0731 e. The van der Waals surface area contributed by atoms with Gasteiger partial charge in [-0.3, -0.25) is 4.68 Å². The number of halogens is 1. The predicted octanol–water partition coefficient (Wildman–Crippen LogP) is 3.28. The zero-order chi connectivity index (χ0) is 12.4.